The Morgan fingerprint density at radius 2 is 1.68 bits per heavy atom. The Balaban J connectivity index is 3.06. The van der Waals surface area contributed by atoms with Gasteiger partial charge in [-0.2, -0.15) is 0 Å². The predicted molar refractivity (Wildman–Crippen MR) is 79.4 cm³/mol. The number of nitrogens with one attached hydrogen (secondary N) is 1. The Morgan fingerprint density at radius 1 is 1.05 bits per heavy atom. The minimum Gasteiger partial charge on any atom is -0.351 e. The Kier molecular flexibility index (Phi) is 7.06. The molecule has 3 nitrogen and oxygen atoms in total. The largest absolute Gasteiger partial charge is 0.351 e. The van der Waals surface area contributed by atoms with E-state index in [0.29, 0.717) is 13.2 Å². The smallest absolute Gasteiger partial charge is 0.176 e. The maximum atomic E-state index is 5.76. The number of aryl methyl sites for hydroxylation is 1. The molecule has 1 N–H and O–H groups in total. The van der Waals surface area contributed by atoms with Crippen molar-refractivity contribution < 1.29 is 9.47 Å². The highest BCUT2D eigenvalue weighted by Crippen LogP contribution is 2.25. The van der Waals surface area contributed by atoms with Gasteiger partial charge in [0, 0.05) is 13.2 Å². The van der Waals surface area contributed by atoms with Gasteiger partial charge in [0.05, 0.1) is 6.04 Å². The minimum atomic E-state index is -0.240. The van der Waals surface area contributed by atoms with Crippen molar-refractivity contribution in [3.05, 3.63) is 34.9 Å². The molecular weight excluding hydrogens is 238 g/mol. The molecule has 0 saturated heterocycles. The second-order valence-corrected chi connectivity index (χ2v) is 4.60. The highest BCUT2D eigenvalue weighted by Gasteiger charge is 2.24. The summed E-state index contributed by atoms with van der Waals surface area (Å²) in [4.78, 5) is 0. The molecule has 0 aliphatic rings. The average molecular weight is 265 g/mol. The van der Waals surface area contributed by atoms with Crippen LogP contribution >= 0.6 is 0 Å². The zero-order valence-corrected chi connectivity index (χ0v) is 12.8. The van der Waals surface area contributed by atoms with Gasteiger partial charge in [0.25, 0.3) is 0 Å². The summed E-state index contributed by atoms with van der Waals surface area (Å²) in [5.74, 6) is 0. The molecule has 1 atom stereocenters. The third-order valence-electron chi connectivity index (χ3n) is 3.34. The van der Waals surface area contributed by atoms with Crippen molar-refractivity contribution >= 4 is 0 Å². The fourth-order valence-electron chi connectivity index (χ4n) is 2.25. The summed E-state index contributed by atoms with van der Waals surface area (Å²) in [5.41, 5.74) is 3.86. The lowest BCUT2D eigenvalue weighted by Crippen LogP contribution is -2.36. The van der Waals surface area contributed by atoms with E-state index >= 15 is 0 Å². The van der Waals surface area contributed by atoms with E-state index in [9.17, 15) is 0 Å². The molecule has 0 aromatic heterocycles. The Hall–Kier alpha value is -0.900. The number of hydrogen-bond donors (Lipinski definition) is 1. The molecule has 19 heavy (non-hydrogen) atoms. The third kappa shape index (κ3) is 4.30. The second-order valence-electron chi connectivity index (χ2n) is 4.60. The molecular formula is C16H27NO2. The number of ether oxygens (including phenoxy) is 2. The van der Waals surface area contributed by atoms with Crippen LogP contribution in [0, 0.1) is 13.8 Å². The summed E-state index contributed by atoms with van der Waals surface area (Å²) in [5, 5.41) is 3.49. The van der Waals surface area contributed by atoms with Crippen LogP contribution < -0.4 is 5.32 Å². The molecule has 1 aromatic carbocycles. The third-order valence-corrected chi connectivity index (χ3v) is 3.34. The van der Waals surface area contributed by atoms with Crippen LogP contribution in [0.3, 0.4) is 0 Å². The van der Waals surface area contributed by atoms with Crippen LogP contribution in [0.2, 0.25) is 0 Å². The first-order valence-electron chi connectivity index (χ1n) is 7.18. The summed E-state index contributed by atoms with van der Waals surface area (Å²) in [6, 6.07) is 6.46. The molecule has 0 radical (unpaired) electrons. The van der Waals surface area contributed by atoms with Gasteiger partial charge in [0.1, 0.15) is 0 Å². The van der Waals surface area contributed by atoms with Gasteiger partial charge in [0.15, 0.2) is 6.29 Å². The summed E-state index contributed by atoms with van der Waals surface area (Å²) in [6.07, 6.45) is -0.240. The summed E-state index contributed by atoms with van der Waals surface area (Å²) in [6.45, 7) is 12.6. The zero-order valence-electron chi connectivity index (χ0n) is 12.8. The summed E-state index contributed by atoms with van der Waals surface area (Å²) in [7, 11) is 0. The summed E-state index contributed by atoms with van der Waals surface area (Å²) >= 11 is 0. The van der Waals surface area contributed by atoms with Crippen LogP contribution in [0.5, 0.6) is 0 Å². The van der Waals surface area contributed by atoms with Crippen molar-refractivity contribution in [1.29, 1.82) is 0 Å². The second kappa shape index (κ2) is 8.31. The van der Waals surface area contributed by atoms with Crippen LogP contribution in [0.25, 0.3) is 0 Å². The first kappa shape index (κ1) is 16.2. The Labute approximate surface area is 117 Å². The van der Waals surface area contributed by atoms with Crippen LogP contribution in [0.4, 0.5) is 0 Å². The number of benzene rings is 1. The van der Waals surface area contributed by atoms with E-state index in [1.165, 1.54) is 16.7 Å². The fraction of sp³-hybridized carbons (Fsp3) is 0.625. The topological polar surface area (TPSA) is 30.5 Å². The van der Waals surface area contributed by atoms with E-state index in [1.54, 1.807) is 0 Å². The SMILES string of the molecule is CCNC(c1cccc(C)c1C)C(OCC)OCC. The van der Waals surface area contributed by atoms with Crippen molar-refractivity contribution in [1.82, 2.24) is 5.32 Å². The fourth-order valence-corrected chi connectivity index (χ4v) is 2.25. The highest BCUT2D eigenvalue weighted by molar-refractivity contribution is 5.35. The molecule has 0 saturated carbocycles. The normalized spacial score (nSPS) is 12.9. The predicted octanol–water partition coefficient (Wildman–Crippen LogP) is 3.35. The molecule has 0 heterocycles. The first-order chi connectivity index (χ1) is 9.15. The first-order valence-corrected chi connectivity index (χ1v) is 7.18. The molecule has 0 fully saturated rings. The van der Waals surface area contributed by atoms with Crippen LogP contribution in [0.1, 0.15) is 43.5 Å². The molecule has 0 aliphatic carbocycles. The lowest BCUT2D eigenvalue weighted by atomic mass is 9.97. The van der Waals surface area contributed by atoms with Crippen molar-refractivity contribution in [3.8, 4) is 0 Å². The van der Waals surface area contributed by atoms with E-state index in [-0.39, 0.29) is 12.3 Å². The Morgan fingerprint density at radius 3 is 2.21 bits per heavy atom. The van der Waals surface area contributed by atoms with E-state index < -0.39 is 0 Å². The van der Waals surface area contributed by atoms with Crippen molar-refractivity contribution in [2.75, 3.05) is 19.8 Å². The van der Waals surface area contributed by atoms with Gasteiger partial charge in [-0.05, 0) is 50.9 Å². The molecule has 0 spiro atoms. The van der Waals surface area contributed by atoms with Crippen LogP contribution in [-0.2, 0) is 9.47 Å². The highest BCUT2D eigenvalue weighted by atomic mass is 16.7. The van der Waals surface area contributed by atoms with Crippen molar-refractivity contribution in [2.45, 2.75) is 47.0 Å². The van der Waals surface area contributed by atoms with E-state index in [2.05, 4.69) is 44.3 Å². The van der Waals surface area contributed by atoms with Gasteiger partial charge in [-0.3, -0.25) is 0 Å². The van der Waals surface area contributed by atoms with Gasteiger partial charge in [-0.15, -0.1) is 0 Å². The lowest BCUT2D eigenvalue weighted by Gasteiger charge is -2.29. The number of likely N-dealkylation sites (N-methyl/N-ethyl adjacent to an activating group) is 1. The van der Waals surface area contributed by atoms with Crippen molar-refractivity contribution in [2.24, 2.45) is 0 Å². The maximum Gasteiger partial charge on any atom is 0.176 e. The van der Waals surface area contributed by atoms with Gasteiger partial charge < -0.3 is 14.8 Å². The molecule has 1 aromatic rings. The van der Waals surface area contributed by atoms with E-state index in [4.69, 9.17) is 9.47 Å². The molecule has 1 unspecified atom stereocenters. The number of hydrogen-bond acceptors (Lipinski definition) is 3. The monoisotopic (exact) mass is 265 g/mol. The minimum absolute atomic E-state index is 0.0739. The number of rotatable bonds is 8. The van der Waals surface area contributed by atoms with Crippen LogP contribution in [0.15, 0.2) is 18.2 Å². The average Bonchev–Trinajstić information content (AvgIpc) is 2.40. The summed E-state index contributed by atoms with van der Waals surface area (Å²) < 4.78 is 11.5. The van der Waals surface area contributed by atoms with Gasteiger partial charge >= 0.3 is 0 Å². The zero-order chi connectivity index (χ0) is 14.3. The van der Waals surface area contributed by atoms with E-state index in [1.807, 2.05) is 13.8 Å². The lowest BCUT2D eigenvalue weighted by molar-refractivity contribution is -0.155. The Bertz CT molecular complexity index is 373. The molecule has 0 aliphatic heterocycles. The molecule has 108 valence electrons. The van der Waals surface area contributed by atoms with Gasteiger partial charge in [0.2, 0.25) is 0 Å². The molecule has 0 amide bonds. The van der Waals surface area contributed by atoms with Gasteiger partial charge in [-0.1, -0.05) is 25.1 Å². The van der Waals surface area contributed by atoms with Crippen LogP contribution in [-0.4, -0.2) is 26.0 Å². The molecule has 0 bridgehead atoms. The van der Waals surface area contributed by atoms with E-state index in [0.717, 1.165) is 6.54 Å². The standard InChI is InChI=1S/C16H27NO2/c1-6-17-15(16(18-7-2)19-8-3)14-11-9-10-12(4)13(14)5/h9-11,15-17H,6-8H2,1-5H3. The van der Waals surface area contributed by atoms with Crippen molar-refractivity contribution in [3.63, 3.8) is 0 Å². The van der Waals surface area contributed by atoms with Gasteiger partial charge in [-0.25, -0.2) is 0 Å². The molecule has 1 rings (SSSR count). The maximum absolute atomic E-state index is 5.76. The molecule has 3 heteroatoms. The quantitative estimate of drug-likeness (QED) is 0.731.